The largest absolute Gasteiger partial charge is 0.334 e. The van der Waals surface area contributed by atoms with Gasteiger partial charge in [0.05, 0.1) is 0 Å². The lowest BCUT2D eigenvalue weighted by molar-refractivity contribution is 0.123. The highest BCUT2D eigenvalue weighted by molar-refractivity contribution is 6.31. The van der Waals surface area contributed by atoms with Gasteiger partial charge >= 0.3 is 6.03 Å². The van der Waals surface area contributed by atoms with Gasteiger partial charge in [0.1, 0.15) is 0 Å². The van der Waals surface area contributed by atoms with Crippen LogP contribution >= 0.6 is 11.6 Å². The molecule has 3 nitrogen and oxygen atoms in total. The zero-order valence-electron chi connectivity index (χ0n) is 11.5. The van der Waals surface area contributed by atoms with Crippen LogP contribution in [0.25, 0.3) is 0 Å². The number of nitrogens with one attached hydrogen (secondary N) is 1. The van der Waals surface area contributed by atoms with Crippen molar-refractivity contribution in [1.82, 2.24) is 10.2 Å². The molecule has 0 aliphatic carbocycles. The maximum absolute atomic E-state index is 12.3. The van der Waals surface area contributed by atoms with Crippen LogP contribution in [0.2, 0.25) is 5.02 Å². The number of hydrogen-bond acceptors (Lipinski definition) is 1. The number of carbonyl (C=O) groups is 1. The zero-order valence-corrected chi connectivity index (χ0v) is 12.3. The van der Waals surface area contributed by atoms with E-state index in [0.717, 1.165) is 18.4 Å². The van der Waals surface area contributed by atoms with Gasteiger partial charge in [0, 0.05) is 23.7 Å². The summed E-state index contributed by atoms with van der Waals surface area (Å²) in [6.07, 6.45) is 3.38. The van der Waals surface area contributed by atoms with Gasteiger partial charge in [0.25, 0.3) is 0 Å². The van der Waals surface area contributed by atoms with Crippen molar-refractivity contribution in [2.45, 2.75) is 51.7 Å². The molecule has 4 heteroatoms. The minimum absolute atomic E-state index is 0.0135. The van der Waals surface area contributed by atoms with E-state index in [4.69, 9.17) is 11.6 Å². The zero-order chi connectivity index (χ0) is 13.8. The minimum Gasteiger partial charge on any atom is -0.334 e. The average molecular weight is 281 g/mol. The van der Waals surface area contributed by atoms with Gasteiger partial charge in [-0.1, -0.05) is 29.8 Å². The number of benzene rings is 1. The maximum Gasteiger partial charge on any atom is 0.318 e. The molecule has 1 aliphatic rings. The first-order valence-corrected chi connectivity index (χ1v) is 7.27. The minimum atomic E-state index is 0.0135. The molecule has 0 bridgehead atoms. The van der Waals surface area contributed by atoms with E-state index in [2.05, 4.69) is 19.2 Å². The van der Waals surface area contributed by atoms with Crippen LogP contribution in [-0.4, -0.2) is 23.0 Å². The normalized spacial score (nSPS) is 23.2. The number of hydrogen-bond donors (Lipinski definition) is 1. The molecular formula is C15H21ClN2O. The third-order valence-electron chi connectivity index (χ3n) is 3.82. The molecule has 1 aromatic carbocycles. The standard InChI is InChI=1S/C15H21ClN2O/c1-11-6-5-7-12(2)18(11)15(19)17-10-13-8-3-4-9-14(13)16/h3-4,8-9,11-12H,5-7,10H2,1-2H3,(H,17,19). The Labute approximate surface area is 119 Å². The lowest BCUT2D eigenvalue weighted by Gasteiger charge is -2.38. The summed E-state index contributed by atoms with van der Waals surface area (Å²) in [5.74, 6) is 0. The van der Waals surface area contributed by atoms with Gasteiger partial charge < -0.3 is 10.2 Å². The van der Waals surface area contributed by atoms with Crippen molar-refractivity contribution in [1.29, 1.82) is 0 Å². The van der Waals surface area contributed by atoms with Crippen molar-refractivity contribution >= 4 is 17.6 Å². The Morgan fingerprint density at radius 1 is 1.32 bits per heavy atom. The summed E-state index contributed by atoms with van der Waals surface area (Å²) in [5.41, 5.74) is 0.954. The van der Waals surface area contributed by atoms with E-state index in [-0.39, 0.29) is 6.03 Å². The van der Waals surface area contributed by atoms with E-state index >= 15 is 0 Å². The van der Waals surface area contributed by atoms with Crippen molar-refractivity contribution in [2.24, 2.45) is 0 Å². The van der Waals surface area contributed by atoms with Crippen molar-refractivity contribution in [3.8, 4) is 0 Å². The van der Waals surface area contributed by atoms with Crippen molar-refractivity contribution in [3.05, 3.63) is 34.9 Å². The van der Waals surface area contributed by atoms with E-state index in [0.29, 0.717) is 23.7 Å². The Bertz CT molecular complexity index is 440. The molecule has 1 aromatic rings. The van der Waals surface area contributed by atoms with Crippen LogP contribution in [0.15, 0.2) is 24.3 Å². The van der Waals surface area contributed by atoms with E-state index in [1.54, 1.807) is 0 Å². The molecule has 2 amide bonds. The highest BCUT2D eigenvalue weighted by atomic mass is 35.5. The summed E-state index contributed by atoms with van der Waals surface area (Å²) in [6, 6.07) is 8.24. The predicted molar refractivity (Wildman–Crippen MR) is 78.3 cm³/mol. The highest BCUT2D eigenvalue weighted by Crippen LogP contribution is 2.22. The van der Waals surface area contributed by atoms with Crippen molar-refractivity contribution in [3.63, 3.8) is 0 Å². The molecule has 1 N–H and O–H groups in total. The lowest BCUT2D eigenvalue weighted by Crippen LogP contribution is -2.51. The molecule has 2 unspecified atom stereocenters. The van der Waals surface area contributed by atoms with Gasteiger partial charge in [0.2, 0.25) is 0 Å². The van der Waals surface area contributed by atoms with Gasteiger partial charge in [0.15, 0.2) is 0 Å². The third kappa shape index (κ3) is 3.41. The molecule has 0 aromatic heterocycles. The third-order valence-corrected chi connectivity index (χ3v) is 4.18. The number of piperidine rings is 1. The number of rotatable bonds is 2. The first kappa shape index (κ1) is 14.2. The fourth-order valence-corrected chi connectivity index (χ4v) is 2.93. The molecule has 104 valence electrons. The SMILES string of the molecule is CC1CCCC(C)N1C(=O)NCc1ccccc1Cl. The smallest absolute Gasteiger partial charge is 0.318 e. The topological polar surface area (TPSA) is 32.3 Å². The fourth-order valence-electron chi connectivity index (χ4n) is 2.73. The first-order valence-electron chi connectivity index (χ1n) is 6.89. The summed E-state index contributed by atoms with van der Waals surface area (Å²) in [5, 5.41) is 3.67. The Morgan fingerprint density at radius 2 is 1.95 bits per heavy atom. The summed E-state index contributed by atoms with van der Waals surface area (Å²) < 4.78 is 0. The van der Waals surface area contributed by atoms with Crippen LogP contribution in [0.4, 0.5) is 4.79 Å². The summed E-state index contributed by atoms with van der Waals surface area (Å²) >= 11 is 6.09. The molecule has 1 saturated heterocycles. The highest BCUT2D eigenvalue weighted by Gasteiger charge is 2.28. The maximum atomic E-state index is 12.3. The summed E-state index contributed by atoms with van der Waals surface area (Å²) in [6.45, 7) is 4.71. The Morgan fingerprint density at radius 3 is 2.58 bits per heavy atom. The fraction of sp³-hybridized carbons (Fsp3) is 0.533. The van der Waals surface area contributed by atoms with Crippen molar-refractivity contribution < 1.29 is 4.79 Å². The van der Waals surface area contributed by atoms with Gasteiger partial charge in [-0.05, 0) is 44.7 Å². The number of amides is 2. The molecule has 1 aliphatic heterocycles. The monoisotopic (exact) mass is 280 g/mol. The van der Waals surface area contributed by atoms with Gasteiger partial charge in [-0.25, -0.2) is 4.79 Å². The molecule has 0 spiro atoms. The van der Waals surface area contributed by atoms with E-state index < -0.39 is 0 Å². The van der Waals surface area contributed by atoms with Crippen LogP contribution in [0.3, 0.4) is 0 Å². The number of carbonyl (C=O) groups excluding carboxylic acids is 1. The van der Waals surface area contributed by atoms with E-state index in [1.807, 2.05) is 29.2 Å². The van der Waals surface area contributed by atoms with Gasteiger partial charge in [-0.3, -0.25) is 0 Å². The first-order chi connectivity index (χ1) is 9.09. The Hall–Kier alpha value is -1.22. The summed E-state index contributed by atoms with van der Waals surface area (Å²) in [7, 11) is 0. The second-order valence-electron chi connectivity index (χ2n) is 5.29. The second-order valence-corrected chi connectivity index (χ2v) is 5.69. The predicted octanol–water partition coefficient (Wildman–Crippen LogP) is 3.81. The molecule has 2 rings (SSSR count). The molecule has 0 radical (unpaired) electrons. The quantitative estimate of drug-likeness (QED) is 0.878. The molecule has 2 atom stereocenters. The molecule has 0 saturated carbocycles. The number of nitrogens with zero attached hydrogens (tertiary/aromatic N) is 1. The lowest BCUT2D eigenvalue weighted by atomic mass is 9.98. The van der Waals surface area contributed by atoms with Crippen LogP contribution in [-0.2, 0) is 6.54 Å². The molecular weight excluding hydrogens is 260 g/mol. The number of likely N-dealkylation sites (tertiary alicyclic amines) is 1. The molecule has 1 heterocycles. The van der Waals surface area contributed by atoms with Gasteiger partial charge in [-0.2, -0.15) is 0 Å². The van der Waals surface area contributed by atoms with E-state index in [9.17, 15) is 4.79 Å². The average Bonchev–Trinajstić information content (AvgIpc) is 2.37. The summed E-state index contributed by atoms with van der Waals surface area (Å²) in [4.78, 5) is 14.2. The van der Waals surface area contributed by atoms with Crippen LogP contribution in [0.1, 0.15) is 38.7 Å². The van der Waals surface area contributed by atoms with Crippen LogP contribution < -0.4 is 5.32 Å². The molecule has 1 fully saturated rings. The Kier molecular flexibility index (Phi) is 4.70. The Balaban J connectivity index is 1.95. The number of halogens is 1. The second kappa shape index (κ2) is 6.29. The van der Waals surface area contributed by atoms with Crippen molar-refractivity contribution in [2.75, 3.05) is 0 Å². The molecule has 19 heavy (non-hydrogen) atoms. The van der Waals surface area contributed by atoms with E-state index in [1.165, 1.54) is 6.42 Å². The van der Waals surface area contributed by atoms with Gasteiger partial charge in [-0.15, -0.1) is 0 Å². The van der Waals surface area contributed by atoms with Crippen LogP contribution in [0, 0.1) is 0 Å². The number of urea groups is 1. The van der Waals surface area contributed by atoms with Crippen LogP contribution in [0.5, 0.6) is 0 Å².